The Kier molecular flexibility index (Phi) is 6.25. The molecule has 2 aromatic heterocycles. The molecule has 0 aliphatic heterocycles. The van der Waals surface area contributed by atoms with E-state index in [-0.39, 0.29) is 18.2 Å². The van der Waals surface area contributed by atoms with Gasteiger partial charge in [0.15, 0.2) is 18.2 Å². The lowest BCUT2D eigenvalue weighted by Gasteiger charge is -2.07. The number of anilines is 1. The lowest BCUT2D eigenvalue weighted by molar-refractivity contribution is 0.101. The molecule has 0 saturated heterocycles. The number of ether oxygens (including phenoxy) is 1. The zero-order valence-electron chi connectivity index (χ0n) is 16.6. The van der Waals surface area contributed by atoms with Gasteiger partial charge in [-0.2, -0.15) is 10.2 Å². The van der Waals surface area contributed by atoms with Gasteiger partial charge in [-0.1, -0.05) is 53.5 Å². The van der Waals surface area contributed by atoms with Gasteiger partial charge in [-0.3, -0.25) is 9.48 Å². The van der Waals surface area contributed by atoms with Gasteiger partial charge in [0.25, 0.3) is 5.91 Å². The van der Waals surface area contributed by atoms with E-state index in [1.165, 1.54) is 4.68 Å². The third-order valence-electron chi connectivity index (χ3n) is 4.50. The van der Waals surface area contributed by atoms with Crippen LogP contribution in [0.5, 0.6) is 5.75 Å². The number of rotatable bonds is 7. The number of carbonyl (C=O) groups is 1. The predicted molar refractivity (Wildman–Crippen MR) is 120 cm³/mol. The van der Waals surface area contributed by atoms with Crippen molar-refractivity contribution in [1.29, 1.82) is 0 Å². The molecule has 7 nitrogen and oxygen atoms in total. The molecule has 158 valence electrons. The minimum Gasteiger partial charge on any atom is -0.471 e. The smallest absolute Gasteiger partial charge is 0.277 e. The Hall–Kier alpha value is -3.29. The van der Waals surface area contributed by atoms with Gasteiger partial charge < -0.3 is 10.1 Å². The Balaban J connectivity index is 1.37. The largest absolute Gasteiger partial charge is 0.471 e. The molecule has 0 fully saturated rings. The van der Waals surface area contributed by atoms with Gasteiger partial charge in [0.2, 0.25) is 0 Å². The molecule has 31 heavy (non-hydrogen) atoms. The van der Waals surface area contributed by atoms with E-state index in [1.807, 2.05) is 43.3 Å². The number of carbonyl (C=O) groups excluding carboxylic acids is 1. The first kappa shape index (κ1) is 21.0. The van der Waals surface area contributed by atoms with Crippen molar-refractivity contribution in [3.63, 3.8) is 0 Å². The number of aromatic nitrogens is 4. The average molecular weight is 456 g/mol. The lowest BCUT2D eigenvalue weighted by Crippen LogP contribution is -2.15. The standard InChI is InChI=1S/C22H19Cl2N5O2/c1-15-11-17(7-8-18(15)23)31-14-28-10-9-20(26-28)22(30)25-21-19(24)13-29(27-21)12-16-5-3-2-4-6-16/h2-11,13H,12,14H2,1H3,(H,25,27,30). The molecular formula is C22H19Cl2N5O2. The van der Waals surface area contributed by atoms with Crippen molar-refractivity contribution < 1.29 is 9.53 Å². The quantitative estimate of drug-likeness (QED) is 0.423. The van der Waals surface area contributed by atoms with E-state index in [1.54, 1.807) is 35.3 Å². The minimum absolute atomic E-state index is 0.154. The van der Waals surface area contributed by atoms with E-state index in [2.05, 4.69) is 15.5 Å². The molecule has 0 spiro atoms. The summed E-state index contributed by atoms with van der Waals surface area (Å²) in [5.41, 5.74) is 2.22. The van der Waals surface area contributed by atoms with E-state index < -0.39 is 5.91 Å². The summed E-state index contributed by atoms with van der Waals surface area (Å²) in [6.07, 6.45) is 3.33. The maximum Gasteiger partial charge on any atom is 0.277 e. The molecule has 0 aliphatic rings. The molecule has 0 aliphatic carbocycles. The molecule has 1 amide bonds. The van der Waals surface area contributed by atoms with Crippen LogP contribution in [0, 0.1) is 6.92 Å². The van der Waals surface area contributed by atoms with Crippen molar-refractivity contribution in [2.75, 3.05) is 5.32 Å². The monoisotopic (exact) mass is 455 g/mol. The number of aryl methyl sites for hydroxylation is 1. The summed E-state index contributed by atoms with van der Waals surface area (Å²) in [6, 6.07) is 16.8. The average Bonchev–Trinajstić information content (AvgIpc) is 3.36. The number of benzene rings is 2. The number of nitrogens with zero attached hydrogens (tertiary/aromatic N) is 4. The molecule has 0 bridgehead atoms. The van der Waals surface area contributed by atoms with Crippen LogP contribution in [0.25, 0.3) is 0 Å². The number of amides is 1. The van der Waals surface area contributed by atoms with Gasteiger partial charge in [0.05, 0.1) is 6.54 Å². The van der Waals surface area contributed by atoms with Crippen LogP contribution in [0.1, 0.15) is 21.6 Å². The van der Waals surface area contributed by atoms with Crippen molar-refractivity contribution in [2.45, 2.75) is 20.2 Å². The Morgan fingerprint density at radius 2 is 1.84 bits per heavy atom. The molecule has 0 saturated carbocycles. The van der Waals surface area contributed by atoms with E-state index >= 15 is 0 Å². The van der Waals surface area contributed by atoms with Gasteiger partial charge in [-0.25, -0.2) is 4.68 Å². The SMILES string of the molecule is Cc1cc(OCn2ccc(C(=O)Nc3nn(Cc4ccccc4)cc3Cl)n2)ccc1Cl. The molecule has 0 radical (unpaired) electrons. The highest BCUT2D eigenvalue weighted by Crippen LogP contribution is 2.22. The van der Waals surface area contributed by atoms with Crippen molar-refractivity contribution in [2.24, 2.45) is 0 Å². The van der Waals surface area contributed by atoms with Gasteiger partial charge in [-0.05, 0) is 42.3 Å². The van der Waals surface area contributed by atoms with Crippen molar-refractivity contribution >= 4 is 34.9 Å². The first-order valence-corrected chi connectivity index (χ1v) is 10.2. The van der Waals surface area contributed by atoms with Crippen molar-refractivity contribution in [3.05, 3.63) is 93.9 Å². The molecule has 1 N–H and O–H groups in total. The Labute approximate surface area is 189 Å². The van der Waals surface area contributed by atoms with Crippen molar-refractivity contribution in [1.82, 2.24) is 19.6 Å². The maximum absolute atomic E-state index is 12.6. The summed E-state index contributed by atoms with van der Waals surface area (Å²) < 4.78 is 8.89. The van der Waals surface area contributed by atoms with Crippen LogP contribution < -0.4 is 10.1 Å². The summed E-state index contributed by atoms with van der Waals surface area (Å²) in [4.78, 5) is 12.6. The van der Waals surface area contributed by atoms with Gasteiger partial charge >= 0.3 is 0 Å². The van der Waals surface area contributed by atoms with Crippen LogP contribution >= 0.6 is 23.2 Å². The topological polar surface area (TPSA) is 74.0 Å². The van der Waals surface area contributed by atoms with E-state index in [4.69, 9.17) is 27.9 Å². The first-order valence-electron chi connectivity index (χ1n) is 9.48. The van der Waals surface area contributed by atoms with E-state index in [0.29, 0.717) is 22.3 Å². The maximum atomic E-state index is 12.6. The molecule has 9 heteroatoms. The van der Waals surface area contributed by atoms with Crippen LogP contribution in [0.15, 0.2) is 67.0 Å². The Morgan fingerprint density at radius 1 is 1.03 bits per heavy atom. The van der Waals surface area contributed by atoms with Crippen molar-refractivity contribution in [3.8, 4) is 5.75 Å². The second kappa shape index (κ2) is 9.24. The van der Waals surface area contributed by atoms with Crippen LogP contribution in [0.2, 0.25) is 10.0 Å². The van der Waals surface area contributed by atoms with Gasteiger partial charge in [-0.15, -0.1) is 0 Å². The normalized spacial score (nSPS) is 10.8. The fourth-order valence-corrected chi connectivity index (χ4v) is 3.22. The molecule has 0 atom stereocenters. The van der Waals surface area contributed by atoms with Crippen LogP contribution in [0.4, 0.5) is 5.82 Å². The fraction of sp³-hybridized carbons (Fsp3) is 0.136. The number of hydrogen-bond acceptors (Lipinski definition) is 4. The lowest BCUT2D eigenvalue weighted by atomic mass is 10.2. The highest BCUT2D eigenvalue weighted by molar-refractivity contribution is 6.33. The molecular weight excluding hydrogens is 437 g/mol. The second-order valence-electron chi connectivity index (χ2n) is 6.89. The third-order valence-corrected chi connectivity index (χ3v) is 5.20. The molecule has 2 heterocycles. The Morgan fingerprint density at radius 3 is 2.61 bits per heavy atom. The summed E-state index contributed by atoms with van der Waals surface area (Å²) in [6.45, 7) is 2.60. The summed E-state index contributed by atoms with van der Waals surface area (Å²) in [5, 5.41) is 12.3. The number of hydrogen-bond donors (Lipinski definition) is 1. The van der Waals surface area contributed by atoms with Gasteiger partial charge in [0, 0.05) is 17.4 Å². The molecule has 4 rings (SSSR count). The summed E-state index contributed by atoms with van der Waals surface area (Å²) >= 11 is 12.3. The minimum atomic E-state index is -0.409. The molecule has 4 aromatic rings. The zero-order valence-corrected chi connectivity index (χ0v) is 18.1. The number of nitrogens with one attached hydrogen (secondary N) is 1. The van der Waals surface area contributed by atoms with Gasteiger partial charge in [0.1, 0.15) is 10.8 Å². The summed E-state index contributed by atoms with van der Waals surface area (Å²) in [7, 11) is 0. The molecule has 2 aromatic carbocycles. The van der Waals surface area contributed by atoms with E-state index in [0.717, 1.165) is 11.1 Å². The van der Waals surface area contributed by atoms with Crippen LogP contribution in [0.3, 0.4) is 0 Å². The highest BCUT2D eigenvalue weighted by atomic mass is 35.5. The second-order valence-corrected chi connectivity index (χ2v) is 7.70. The van der Waals surface area contributed by atoms with Crippen LogP contribution in [-0.2, 0) is 13.3 Å². The molecule has 0 unspecified atom stereocenters. The third kappa shape index (κ3) is 5.25. The fourth-order valence-electron chi connectivity index (χ4n) is 2.91. The predicted octanol–water partition coefficient (Wildman–Crippen LogP) is 5.03. The summed E-state index contributed by atoms with van der Waals surface area (Å²) in [5.74, 6) is 0.539. The zero-order chi connectivity index (χ0) is 21.8. The Bertz CT molecular complexity index is 1200. The first-order chi connectivity index (χ1) is 15.0. The number of halogens is 2. The van der Waals surface area contributed by atoms with Crippen LogP contribution in [-0.4, -0.2) is 25.5 Å². The highest BCUT2D eigenvalue weighted by Gasteiger charge is 2.15. The van der Waals surface area contributed by atoms with E-state index in [9.17, 15) is 4.79 Å².